The summed E-state index contributed by atoms with van der Waals surface area (Å²) >= 11 is 3.59. The standard InChI is InChI=1S/C34H23BrN2/c35-31-19-9-17-29(22-31)27-15-7-14-26(20-27)28-16-8-18-30(21-28)33-23-32(24-10-3-1-4-11-24)36-34(37-33)25-12-5-2-6-13-25/h1-23H. The van der Waals surface area contributed by atoms with E-state index in [2.05, 4.69) is 113 Å². The Morgan fingerprint density at radius 1 is 0.351 bits per heavy atom. The molecule has 0 aliphatic rings. The van der Waals surface area contributed by atoms with Gasteiger partial charge in [0.1, 0.15) is 0 Å². The lowest BCUT2D eigenvalue weighted by Gasteiger charge is -2.11. The maximum atomic E-state index is 4.99. The van der Waals surface area contributed by atoms with Gasteiger partial charge in [0.05, 0.1) is 11.4 Å². The maximum absolute atomic E-state index is 4.99. The van der Waals surface area contributed by atoms with Crippen molar-refractivity contribution in [1.29, 1.82) is 0 Å². The van der Waals surface area contributed by atoms with Crippen LogP contribution in [0.1, 0.15) is 0 Å². The first kappa shape index (κ1) is 23.1. The first-order valence-corrected chi connectivity index (χ1v) is 13.0. The third-order valence-electron chi connectivity index (χ3n) is 6.34. The Bertz CT molecular complexity index is 1620. The van der Waals surface area contributed by atoms with Crippen molar-refractivity contribution in [3.8, 4) is 56.2 Å². The Balaban J connectivity index is 1.44. The third-order valence-corrected chi connectivity index (χ3v) is 6.83. The molecule has 2 nitrogen and oxygen atoms in total. The molecule has 176 valence electrons. The van der Waals surface area contributed by atoms with Crippen molar-refractivity contribution < 1.29 is 0 Å². The molecule has 37 heavy (non-hydrogen) atoms. The molecule has 0 N–H and O–H groups in total. The van der Waals surface area contributed by atoms with E-state index in [0.717, 1.165) is 43.9 Å². The van der Waals surface area contributed by atoms with Gasteiger partial charge in [0.15, 0.2) is 5.82 Å². The highest BCUT2D eigenvalue weighted by molar-refractivity contribution is 9.10. The Morgan fingerprint density at radius 2 is 0.784 bits per heavy atom. The number of halogens is 1. The predicted molar refractivity (Wildman–Crippen MR) is 157 cm³/mol. The molecule has 0 saturated heterocycles. The van der Waals surface area contributed by atoms with Crippen LogP contribution in [0.3, 0.4) is 0 Å². The predicted octanol–water partition coefficient (Wildman–Crippen LogP) is 9.57. The van der Waals surface area contributed by atoms with Crippen molar-refractivity contribution in [2.45, 2.75) is 0 Å². The molecule has 6 rings (SSSR count). The molecule has 0 aliphatic carbocycles. The smallest absolute Gasteiger partial charge is 0.160 e. The van der Waals surface area contributed by atoms with E-state index in [1.54, 1.807) is 0 Å². The van der Waals surface area contributed by atoms with Gasteiger partial charge in [0, 0.05) is 21.2 Å². The van der Waals surface area contributed by atoms with Crippen LogP contribution < -0.4 is 0 Å². The molecule has 0 fully saturated rings. The van der Waals surface area contributed by atoms with Gasteiger partial charge in [-0.3, -0.25) is 0 Å². The van der Waals surface area contributed by atoms with Crippen LogP contribution in [0.15, 0.2) is 144 Å². The molecule has 0 radical (unpaired) electrons. The van der Waals surface area contributed by atoms with Gasteiger partial charge in [-0.05, 0) is 52.6 Å². The molecule has 0 atom stereocenters. The lowest BCUT2D eigenvalue weighted by molar-refractivity contribution is 1.18. The number of rotatable bonds is 5. The molecule has 3 heteroatoms. The molecule has 1 heterocycles. The zero-order valence-corrected chi connectivity index (χ0v) is 21.6. The summed E-state index contributed by atoms with van der Waals surface area (Å²) in [5.74, 6) is 0.721. The summed E-state index contributed by atoms with van der Waals surface area (Å²) in [5.41, 5.74) is 9.62. The molecule has 0 aliphatic heterocycles. The lowest BCUT2D eigenvalue weighted by Crippen LogP contribution is -1.96. The van der Waals surface area contributed by atoms with Crippen molar-refractivity contribution in [2.24, 2.45) is 0 Å². The van der Waals surface area contributed by atoms with Crippen LogP contribution in [0.5, 0.6) is 0 Å². The second kappa shape index (κ2) is 10.3. The minimum atomic E-state index is 0.721. The highest BCUT2D eigenvalue weighted by Crippen LogP contribution is 2.32. The minimum Gasteiger partial charge on any atom is -0.228 e. The van der Waals surface area contributed by atoms with Crippen molar-refractivity contribution >= 4 is 15.9 Å². The van der Waals surface area contributed by atoms with Crippen molar-refractivity contribution in [1.82, 2.24) is 9.97 Å². The van der Waals surface area contributed by atoms with Crippen molar-refractivity contribution in [2.75, 3.05) is 0 Å². The number of hydrogen-bond acceptors (Lipinski definition) is 2. The second-order valence-corrected chi connectivity index (χ2v) is 9.78. The number of benzene rings is 5. The van der Waals surface area contributed by atoms with Gasteiger partial charge in [0.25, 0.3) is 0 Å². The summed E-state index contributed by atoms with van der Waals surface area (Å²) in [5, 5.41) is 0. The quantitative estimate of drug-likeness (QED) is 0.218. The van der Waals surface area contributed by atoms with E-state index in [9.17, 15) is 0 Å². The molecule has 1 aromatic heterocycles. The van der Waals surface area contributed by atoms with E-state index < -0.39 is 0 Å². The van der Waals surface area contributed by atoms with Gasteiger partial charge >= 0.3 is 0 Å². The molecule has 0 saturated carbocycles. The highest BCUT2D eigenvalue weighted by atomic mass is 79.9. The Kier molecular flexibility index (Phi) is 6.45. The molecular formula is C34H23BrN2. The second-order valence-electron chi connectivity index (χ2n) is 8.87. The van der Waals surface area contributed by atoms with Gasteiger partial charge in [0.2, 0.25) is 0 Å². The molecular weight excluding hydrogens is 516 g/mol. The van der Waals surface area contributed by atoms with Gasteiger partial charge in [-0.25, -0.2) is 9.97 Å². The topological polar surface area (TPSA) is 25.8 Å². The van der Waals surface area contributed by atoms with E-state index in [1.165, 1.54) is 16.7 Å². The number of nitrogens with zero attached hydrogens (tertiary/aromatic N) is 2. The van der Waals surface area contributed by atoms with Gasteiger partial charge in [-0.1, -0.05) is 125 Å². The van der Waals surface area contributed by atoms with Crippen LogP contribution in [0.2, 0.25) is 0 Å². The normalized spacial score (nSPS) is 10.8. The summed E-state index contributed by atoms with van der Waals surface area (Å²) in [4.78, 5) is 9.91. The monoisotopic (exact) mass is 538 g/mol. The molecule has 5 aromatic carbocycles. The summed E-state index contributed by atoms with van der Waals surface area (Å²) in [6.45, 7) is 0. The highest BCUT2D eigenvalue weighted by Gasteiger charge is 2.11. The zero-order chi connectivity index (χ0) is 25.0. The molecule has 0 amide bonds. The average Bonchev–Trinajstić information content (AvgIpc) is 2.98. The summed E-state index contributed by atoms with van der Waals surface area (Å²) in [6.07, 6.45) is 0. The van der Waals surface area contributed by atoms with Crippen LogP contribution in [0.25, 0.3) is 56.2 Å². The van der Waals surface area contributed by atoms with Gasteiger partial charge < -0.3 is 0 Å². The Hall–Kier alpha value is -4.34. The summed E-state index contributed by atoms with van der Waals surface area (Å²) in [6, 6.07) is 48.2. The average molecular weight is 539 g/mol. The molecule has 0 bridgehead atoms. The van der Waals surface area contributed by atoms with Crippen LogP contribution in [-0.4, -0.2) is 9.97 Å². The fourth-order valence-electron chi connectivity index (χ4n) is 4.47. The maximum Gasteiger partial charge on any atom is 0.160 e. The van der Waals surface area contributed by atoms with Crippen molar-refractivity contribution in [3.05, 3.63) is 144 Å². The fourth-order valence-corrected chi connectivity index (χ4v) is 4.87. The number of hydrogen-bond donors (Lipinski definition) is 0. The van der Waals surface area contributed by atoms with Gasteiger partial charge in [-0.2, -0.15) is 0 Å². The van der Waals surface area contributed by atoms with E-state index in [-0.39, 0.29) is 0 Å². The van der Waals surface area contributed by atoms with E-state index >= 15 is 0 Å². The van der Waals surface area contributed by atoms with Crippen LogP contribution >= 0.6 is 15.9 Å². The SMILES string of the molecule is Brc1cccc(-c2cccc(-c3cccc(-c4cc(-c5ccccc5)nc(-c5ccccc5)n4)c3)c2)c1. The molecule has 6 aromatic rings. The first-order chi connectivity index (χ1) is 18.2. The largest absolute Gasteiger partial charge is 0.228 e. The molecule has 0 unspecified atom stereocenters. The van der Waals surface area contributed by atoms with E-state index in [0.29, 0.717) is 0 Å². The Morgan fingerprint density at radius 3 is 1.38 bits per heavy atom. The first-order valence-electron chi connectivity index (χ1n) is 12.2. The van der Waals surface area contributed by atoms with Crippen molar-refractivity contribution in [3.63, 3.8) is 0 Å². The third kappa shape index (κ3) is 5.13. The van der Waals surface area contributed by atoms with Crippen LogP contribution in [0, 0.1) is 0 Å². The summed E-state index contributed by atoms with van der Waals surface area (Å²) < 4.78 is 1.07. The van der Waals surface area contributed by atoms with E-state index in [4.69, 9.17) is 9.97 Å². The summed E-state index contributed by atoms with van der Waals surface area (Å²) in [7, 11) is 0. The minimum absolute atomic E-state index is 0.721. The lowest BCUT2D eigenvalue weighted by atomic mass is 9.97. The van der Waals surface area contributed by atoms with Gasteiger partial charge in [-0.15, -0.1) is 0 Å². The molecule has 0 spiro atoms. The van der Waals surface area contributed by atoms with Crippen LogP contribution in [0.4, 0.5) is 0 Å². The zero-order valence-electron chi connectivity index (χ0n) is 20.1. The number of aromatic nitrogens is 2. The fraction of sp³-hybridized carbons (Fsp3) is 0. The van der Waals surface area contributed by atoms with Crippen LogP contribution in [-0.2, 0) is 0 Å². The van der Waals surface area contributed by atoms with E-state index in [1.807, 2.05) is 42.5 Å². The Labute approximate surface area is 225 Å².